The van der Waals surface area contributed by atoms with Gasteiger partial charge in [-0.25, -0.2) is 9.59 Å². The molecule has 2 amide bonds. The number of carbonyl (C=O) groups excluding carboxylic acids is 4. The number of ether oxygens (including phenoxy) is 2. The van der Waals surface area contributed by atoms with Crippen molar-refractivity contribution >= 4 is 35.1 Å². The van der Waals surface area contributed by atoms with E-state index >= 15 is 0 Å². The standard InChI is InChI=1S/C29H40N4O6.2ClH/c1-5-32(6-2)17-19-38-28(36)22-9-13-24(14-10-22)30-26(34)21-27(35)31-25-15-11-23(12-16-25)29(37)39-20-18-33(7-3)8-4;;/h9-16H,5-8,17-21H2,1-4H3,(H,30,34)(H,31,35);2*1H. The van der Waals surface area contributed by atoms with Gasteiger partial charge in [-0.15, -0.1) is 0 Å². The second kappa shape index (κ2) is 20.7. The Morgan fingerprint density at radius 3 is 1.20 bits per heavy atom. The van der Waals surface area contributed by atoms with Gasteiger partial charge >= 0.3 is 11.9 Å². The number of hydrogen-bond donors (Lipinski definition) is 4. The van der Waals surface area contributed by atoms with Crippen molar-refractivity contribution in [2.24, 2.45) is 0 Å². The zero-order chi connectivity index (χ0) is 28.6. The van der Waals surface area contributed by atoms with Crippen LogP contribution >= 0.6 is 0 Å². The largest absolute Gasteiger partial charge is 1.00 e. The molecular formula is C29H42Cl2N4O6. The average Bonchev–Trinajstić information content (AvgIpc) is 2.94. The molecule has 2 aromatic rings. The molecule has 4 N–H and O–H groups in total. The maximum Gasteiger partial charge on any atom is 0.338 e. The summed E-state index contributed by atoms with van der Waals surface area (Å²) in [4.78, 5) is 51.7. The van der Waals surface area contributed by atoms with Crippen LogP contribution in [0.5, 0.6) is 0 Å². The van der Waals surface area contributed by atoms with Gasteiger partial charge in [-0.2, -0.15) is 0 Å². The summed E-state index contributed by atoms with van der Waals surface area (Å²) < 4.78 is 10.6. The number of nitrogens with one attached hydrogen (secondary N) is 4. The maximum absolute atomic E-state index is 12.3. The van der Waals surface area contributed by atoms with Gasteiger partial charge in [0.2, 0.25) is 11.8 Å². The smallest absolute Gasteiger partial charge is 0.338 e. The summed E-state index contributed by atoms with van der Waals surface area (Å²) in [5.41, 5.74) is 1.69. The molecule has 10 nitrogen and oxygen atoms in total. The van der Waals surface area contributed by atoms with Crippen molar-refractivity contribution in [3.8, 4) is 0 Å². The molecule has 0 unspecified atom stereocenters. The lowest BCUT2D eigenvalue weighted by molar-refractivity contribution is -0.896. The number of halogens is 2. The fourth-order valence-electron chi connectivity index (χ4n) is 3.89. The van der Waals surface area contributed by atoms with E-state index in [0.717, 1.165) is 39.3 Å². The number of esters is 2. The van der Waals surface area contributed by atoms with Crippen LogP contribution in [0.25, 0.3) is 0 Å². The van der Waals surface area contributed by atoms with E-state index in [0.29, 0.717) is 35.7 Å². The van der Waals surface area contributed by atoms with Gasteiger partial charge in [0.25, 0.3) is 0 Å². The van der Waals surface area contributed by atoms with Gasteiger partial charge in [0.05, 0.1) is 37.3 Å². The van der Waals surface area contributed by atoms with E-state index in [4.69, 9.17) is 9.47 Å². The molecule has 0 heterocycles. The number of hydrogen-bond acceptors (Lipinski definition) is 6. The van der Waals surface area contributed by atoms with Crippen LogP contribution in [0, 0.1) is 0 Å². The van der Waals surface area contributed by atoms with Gasteiger partial charge in [-0.1, -0.05) is 0 Å². The van der Waals surface area contributed by atoms with Crippen LogP contribution in [0.3, 0.4) is 0 Å². The van der Waals surface area contributed by atoms with Crippen LogP contribution < -0.4 is 45.2 Å². The summed E-state index contributed by atoms with van der Waals surface area (Å²) in [5, 5.41) is 5.28. The minimum Gasteiger partial charge on any atom is -1.00 e. The summed E-state index contributed by atoms with van der Waals surface area (Å²) in [5.74, 6) is -1.83. The first kappa shape index (κ1) is 37.8. The first-order chi connectivity index (χ1) is 18.8. The second-order valence-electron chi connectivity index (χ2n) is 9.11. The van der Waals surface area contributed by atoms with Gasteiger partial charge in [-0.05, 0) is 76.2 Å². The summed E-state index contributed by atoms with van der Waals surface area (Å²) in [6.45, 7) is 14.4. The molecular weight excluding hydrogens is 571 g/mol. The Hall–Kier alpha value is -3.18. The van der Waals surface area contributed by atoms with Crippen molar-refractivity contribution in [1.29, 1.82) is 0 Å². The van der Waals surface area contributed by atoms with Gasteiger partial charge in [0, 0.05) is 11.4 Å². The number of amides is 2. The fourth-order valence-corrected chi connectivity index (χ4v) is 3.89. The third kappa shape index (κ3) is 13.8. The van der Waals surface area contributed by atoms with Gasteiger partial charge in [0.15, 0.2) is 0 Å². The molecule has 0 fully saturated rings. The molecule has 228 valence electrons. The molecule has 12 heteroatoms. The van der Waals surface area contributed by atoms with Crippen LogP contribution in [-0.2, 0) is 19.1 Å². The second-order valence-corrected chi connectivity index (χ2v) is 9.11. The van der Waals surface area contributed by atoms with Crippen molar-refractivity contribution < 1.29 is 63.3 Å². The van der Waals surface area contributed by atoms with Crippen molar-refractivity contribution in [3.63, 3.8) is 0 Å². The van der Waals surface area contributed by atoms with Crippen molar-refractivity contribution in [2.75, 3.05) is 63.1 Å². The molecule has 0 spiro atoms. The number of benzene rings is 2. The Bertz CT molecular complexity index is 990. The van der Waals surface area contributed by atoms with Gasteiger partial charge < -0.3 is 54.7 Å². The van der Waals surface area contributed by atoms with E-state index in [1.165, 1.54) is 9.80 Å². The Balaban J connectivity index is 0.00000800. The summed E-state index contributed by atoms with van der Waals surface area (Å²) in [7, 11) is 0. The van der Waals surface area contributed by atoms with E-state index in [9.17, 15) is 19.2 Å². The van der Waals surface area contributed by atoms with E-state index in [-0.39, 0.29) is 24.8 Å². The van der Waals surface area contributed by atoms with Crippen LogP contribution in [0.1, 0.15) is 54.8 Å². The first-order valence-corrected chi connectivity index (χ1v) is 13.6. The highest BCUT2D eigenvalue weighted by Crippen LogP contribution is 2.13. The van der Waals surface area contributed by atoms with E-state index in [2.05, 4.69) is 38.3 Å². The molecule has 41 heavy (non-hydrogen) atoms. The van der Waals surface area contributed by atoms with Gasteiger partial charge in [0.1, 0.15) is 32.7 Å². The highest BCUT2D eigenvalue weighted by atomic mass is 35.5. The molecule has 0 saturated carbocycles. The zero-order valence-electron chi connectivity index (χ0n) is 24.2. The minimum atomic E-state index is -0.499. The lowest BCUT2D eigenvalue weighted by Gasteiger charge is -2.15. The molecule has 0 aliphatic rings. The number of carbonyl (C=O) groups is 4. The van der Waals surface area contributed by atoms with E-state index in [1.54, 1.807) is 48.5 Å². The Morgan fingerprint density at radius 2 is 0.902 bits per heavy atom. The number of rotatable bonds is 16. The molecule has 0 saturated heterocycles. The lowest BCUT2D eigenvalue weighted by Crippen LogP contribution is -3.11. The van der Waals surface area contributed by atoms with Crippen LogP contribution in [-0.4, -0.2) is 76.2 Å². The normalized spacial score (nSPS) is 10.3. The average molecular weight is 614 g/mol. The van der Waals surface area contributed by atoms with Crippen LogP contribution in [0.15, 0.2) is 48.5 Å². The Morgan fingerprint density at radius 1 is 0.585 bits per heavy atom. The highest BCUT2D eigenvalue weighted by molar-refractivity contribution is 6.08. The zero-order valence-corrected chi connectivity index (χ0v) is 25.7. The summed E-state index contributed by atoms with van der Waals surface area (Å²) in [6, 6.07) is 12.6. The maximum atomic E-state index is 12.3. The predicted octanol–water partition coefficient (Wildman–Crippen LogP) is -5.18. The van der Waals surface area contributed by atoms with Crippen molar-refractivity contribution in [3.05, 3.63) is 59.7 Å². The van der Waals surface area contributed by atoms with Crippen LogP contribution in [0.4, 0.5) is 11.4 Å². The third-order valence-corrected chi connectivity index (χ3v) is 6.51. The molecule has 0 bridgehead atoms. The van der Waals surface area contributed by atoms with E-state index < -0.39 is 30.2 Å². The SMILES string of the molecule is CC[NH+](CC)CCOC(=O)c1ccc(NC(=O)CC(=O)Nc2ccc(C(=O)OCC[NH+](CC)CC)cc2)cc1.[Cl-].[Cl-]. The molecule has 2 rings (SSSR count). The van der Waals surface area contributed by atoms with Crippen molar-refractivity contribution in [1.82, 2.24) is 0 Å². The van der Waals surface area contributed by atoms with Gasteiger partial charge in [-0.3, -0.25) is 9.59 Å². The monoisotopic (exact) mass is 612 g/mol. The molecule has 0 atom stereocenters. The number of quaternary nitrogens is 2. The summed E-state index contributed by atoms with van der Waals surface area (Å²) >= 11 is 0. The first-order valence-electron chi connectivity index (χ1n) is 13.6. The molecule has 2 aromatic carbocycles. The minimum absolute atomic E-state index is 0. The molecule has 0 radical (unpaired) electrons. The number of anilines is 2. The predicted molar refractivity (Wildman–Crippen MR) is 149 cm³/mol. The quantitative estimate of drug-likeness (QED) is 0.111. The molecule has 0 aromatic heterocycles. The Labute approximate surface area is 254 Å². The molecule has 0 aliphatic heterocycles. The fraction of sp³-hybridized carbons (Fsp3) is 0.448. The third-order valence-electron chi connectivity index (χ3n) is 6.51. The lowest BCUT2D eigenvalue weighted by atomic mass is 10.2. The molecule has 0 aliphatic carbocycles. The number of likely N-dealkylation sites (N-methyl/N-ethyl adjacent to an activating group) is 2. The van der Waals surface area contributed by atoms with E-state index in [1.807, 2.05) is 0 Å². The van der Waals surface area contributed by atoms with Crippen LogP contribution in [0.2, 0.25) is 0 Å². The topological polar surface area (TPSA) is 120 Å². The summed E-state index contributed by atoms with van der Waals surface area (Å²) in [6.07, 6.45) is -0.394. The Kier molecular flexibility index (Phi) is 19.1. The van der Waals surface area contributed by atoms with Crippen molar-refractivity contribution in [2.45, 2.75) is 34.1 Å². The highest BCUT2D eigenvalue weighted by Gasteiger charge is 2.14.